The molecule has 124 valence electrons. The second kappa shape index (κ2) is 6.60. The first-order chi connectivity index (χ1) is 9.75. The number of piperidine rings is 2. The quantitative estimate of drug-likeness (QED) is 0.735. The average Bonchev–Trinajstić information content (AvgIpc) is 2.46. The third kappa shape index (κ3) is 4.03. The molecule has 0 aromatic heterocycles. The summed E-state index contributed by atoms with van der Waals surface area (Å²) in [6, 6.07) is 0. The molecule has 2 aliphatic rings. The van der Waals surface area contributed by atoms with Crippen LogP contribution in [0.25, 0.3) is 0 Å². The van der Waals surface area contributed by atoms with Gasteiger partial charge in [0, 0.05) is 32.1 Å². The summed E-state index contributed by atoms with van der Waals surface area (Å²) in [5.74, 6) is -0.855. The molecule has 0 radical (unpaired) electrons. The van der Waals surface area contributed by atoms with E-state index in [0.29, 0.717) is 19.0 Å². The highest BCUT2D eigenvalue weighted by Crippen LogP contribution is 2.35. The van der Waals surface area contributed by atoms with Crippen molar-refractivity contribution in [2.45, 2.75) is 31.9 Å². The molecule has 2 heterocycles. The maximum atomic E-state index is 12.6. The topological polar surface area (TPSA) is 40.6 Å². The molecule has 0 aromatic rings. The first-order valence-corrected chi connectivity index (χ1v) is 9.06. The predicted octanol–water partition coefficient (Wildman–Crippen LogP) is 2.46. The van der Waals surface area contributed by atoms with Gasteiger partial charge in [-0.1, -0.05) is 0 Å². The molecule has 0 aliphatic carbocycles. The highest BCUT2D eigenvalue weighted by atomic mass is 35.5. The van der Waals surface area contributed by atoms with Gasteiger partial charge >= 0.3 is 6.18 Å². The maximum Gasteiger partial charge on any atom is 0.391 e. The Labute approximate surface area is 128 Å². The summed E-state index contributed by atoms with van der Waals surface area (Å²) in [6.45, 7) is 0.670. The Kier molecular flexibility index (Phi) is 5.44. The molecule has 21 heavy (non-hydrogen) atoms. The second-order valence-electron chi connectivity index (χ2n) is 5.74. The Balaban J connectivity index is 1.98. The van der Waals surface area contributed by atoms with Crippen LogP contribution in [0.2, 0.25) is 0 Å². The first kappa shape index (κ1) is 17.3. The minimum Gasteiger partial charge on any atom is -0.195 e. The molecule has 2 saturated heterocycles. The molecule has 0 saturated carbocycles. The SMILES string of the molecule is O=S(=O)(N1CCC(C(F)(F)F)CC1)N1CCCC(CCl)C1. The summed E-state index contributed by atoms with van der Waals surface area (Å²) < 4.78 is 65.4. The third-order valence-corrected chi connectivity index (χ3v) is 6.71. The first-order valence-electron chi connectivity index (χ1n) is 7.13. The zero-order valence-corrected chi connectivity index (χ0v) is 13.2. The summed E-state index contributed by atoms with van der Waals surface area (Å²) in [4.78, 5) is 0. The van der Waals surface area contributed by atoms with Crippen LogP contribution in [-0.4, -0.2) is 55.3 Å². The van der Waals surface area contributed by atoms with Crippen molar-refractivity contribution in [3.05, 3.63) is 0 Å². The van der Waals surface area contributed by atoms with Crippen molar-refractivity contribution in [2.75, 3.05) is 32.1 Å². The lowest BCUT2D eigenvalue weighted by Crippen LogP contribution is -2.51. The Bertz CT molecular complexity index is 450. The second-order valence-corrected chi connectivity index (χ2v) is 7.98. The van der Waals surface area contributed by atoms with Crippen LogP contribution in [0, 0.1) is 11.8 Å². The maximum absolute atomic E-state index is 12.6. The summed E-state index contributed by atoms with van der Waals surface area (Å²) in [6.07, 6.45) is -2.91. The minimum absolute atomic E-state index is 0.0610. The van der Waals surface area contributed by atoms with Gasteiger partial charge < -0.3 is 0 Å². The minimum atomic E-state index is -4.23. The Morgan fingerprint density at radius 3 is 2.19 bits per heavy atom. The van der Waals surface area contributed by atoms with Crippen LogP contribution < -0.4 is 0 Å². The standard InChI is InChI=1S/C12H20ClF3N2O2S/c13-8-10-2-1-5-18(9-10)21(19,20)17-6-3-11(4-7-17)12(14,15)16/h10-11H,1-9H2. The van der Waals surface area contributed by atoms with Crippen molar-refractivity contribution in [1.29, 1.82) is 0 Å². The molecule has 0 bridgehead atoms. The highest BCUT2D eigenvalue weighted by Gasteiger charge is 2.44. The number of hydrogen-bond acceptors (Lipinski definition) is 2. The van der Waals surface area contributed by atoms with Crippen LogP contribution >= 0.6 is 11.6 Å². The van der Waals surface area contributed by atoms with Gasteiger partial charge in [-0.25, -0.2) is 0 Å². The molecule has 0 N–H and O–H groups in total. The molecule has 2 rings (SSSR count). The van der Waals surface area contributed by atoms with E-state index in [0.717, 1.165) is 12.8 Å². The van der Waals surface area contributed by atoms with Gasteiger partial charge in [-0.3, -0.25) is 0 Å². The Hall–Kier alpha value is -0.0500. The van der Waals surface area contributed by atoms with Crippen molar-refractivity contribution < 1.29 is 21.6 Å². The largest absolute Gasteiger partial charge is 0.391 e. The molecule has 2 fully saturated rings. The molecule has 2 aliphatic heterocycles. The number of alkyl halides is 4. The van der Waals surface area contributed by atoms with E-state index in [1.165, 1.54) is 8.61 Å². The van der Waals surface area contributed by atoms with E-state index in [9.17, 15) is 21.6 Å². The highest BCUT2D eigenvalue weighted by molar-refractivity contribution is 7.86. The van der Waals surface area contributed by atoms with E-state index in [-0.39, 0.29) is 31.8 Å². The lowest BCUT2D eigenvalue weighted by molar-refractivity contribution is -0.182. The number of hydrogen-bond donors (Lipinski definition) is 0. The fourth-order valence-electron chi connectivity index (χ4n) is 2.94. The van der Waals surface area contributed by atoms with Crippen molar-refractivity contribution in [2.24, 2.45) is 11.8 Å². The van der Waals surface area contributed by atoms with E-state index < -0.39 is 22.3 Å². The summed E-state index contributed by atoms with van der Waals surface area (Å²) in [5.41, 5.74) is 0. The smallest absolute Gasteiger partial charge is 0.195 e. The van der Waals surface area contributed by atoms with Crippen molar-refractivity contribution in [3.63, 3.8) is 0 Å². The lowest BCUT2D eigenvalue weighted by atomic mass is 9.98. The van der Waals surface area contributed by atoms with Crippen molar-refractivity contribution in [1.82, 2.24) is 8.61 Å². The van der Waals surface area contributed by atoms with Crippen molar-refractivity contribution in [3.8, 4) is 0 Å². The Morgan fingerprint density at radius 2 is 1.67 bits per heavy atom. The van der Waals surface area contributed by atoms with E-state index in [4.69, 9.17) is 11.6 Å². The number of rotatable bonds is 3. The van der Waals surface area contributed by atoms with Gasteiger partial charge in [-0.05, 0) is 31.6 Å². The van der Waals surface area contributed by atoms with Gasteiger partial charge in [-0.2, -0.15) is 30.2 Å². The monoisotopic (exact) mass is 348 g/mol. The van der Waals surface area contributed by atoms with Gasteiger partial charge in [0.25, 0.3) is 10.2 Å². The molecule has 0 aromatic carbocycles. The van der Waals surface area contributed by atoms with E-state index >= 15 is 0 Å². The van der Waals surface area contributed by atoms with Crippen LogP contribution in [0.5, 0.6) is 0 Å². The molecular weight excluding hydrogens is 329 g/mol. The molecule has 0 amide bonds. The van der Waals surface area contributed by atoms with E-state index in [1.54, 1.807) is 0 Å². The van der Waals surface area contributed by atoms with Crippen LogP contribution in [0.3, 0.4) is 0 Å². The van der Waals surface area contributed by atoms with Crippen LogP contribution in [-0.2, 0) is 10.2 Å². The zero-order chi connectivity index (χ0) is 15.7. The molecule has 9 heteroatoms. The Morgan fingerprint density at radius 1 is 1.05 bits per heavy atom. The van der Waals surface area contributed by atoms with Crippen molar-refractivity contribution >= 4 is 21.8 Å². The third-order valence-electron chi connectivity index (χ3n) is 4.27. The van der Waals surface area contributed by atoms with E-state index in [1.807, 2.05) is 0 Å². The number of halogens is 4. The fraction of sp³-hybridized carbons (Fsp3) is 1.00. The van der Waals surface area contributed by atoms with Gasteiger partial charge in [-0.15, -0.1) is 11.6 Å². The summed E-state index contributed by atoms with van der Waals surface area (Å²) in [7, 11) is -3.66. The summed E-state index contributed by atoms with van der Waals surface area (Å²) >= 11 is 5.79. The van der Waals surface area contributed by atoms with Gasteiger partial charge in [0.1, 0.15) is 0 Å². The summed E-state index contributed by atoms with van der Waals surface area (Å²) in [5, 5.41) is 0. The molecule has 1 unspecified atom stereocenters. The number of nitrogens with zero attached hydrogens (tertiary/aromatic N) is 2. The van der Waals surface area contributed by atoms with Gasteiger partial charge in [0.2, 0.25) is 0 Å². The molecule has 1 atom stereocenters. The zero-order valence-electron chi connectivity index (χ0n) is 11.6. The van der Waals surface area contributed by atoms with Gasteiger partial charge in [0.15, 0.2) is 0 Å². The van der Waals surface area contributed by atoms with Gasteiger partial charge in [0.05, 0.1) is 5.92 Å². The molecule has 0 spiro atoms. The van der Waals surface area contributed by atoms with Crippen LogP contribution in [0.1, 0.15) is 25.7 Å². The van der Waals surface area contributed by atoms with Crippen LogP contribution in [0.15, 0.2) is 0 Å². The fourth-order valence-corrected chi connectivity index (χ4v) is 4.95. The van der Waals surface area contributed by atoms with Crippen LogP contribution in [0.4, 0.5) is 13.2 Å². The predicted molar refractivity (Wildman–Crippen MR) is 74.3 cm³/mol. The molecule has 4 nitrogen and oxygen atoms in total. The lowest BCUT2D eigenvalue weighted by Gasteiger charge is -2.38. The van der Waals surface area contributed by atoms with E-state index in [2.05, 4.69) is 0 Å². The normalized spacial score (nSPS) is 27.9. The average molecular weight is 349 g/mol. The molecular formula is C12H20ClF3N2O2S.